The Morgan fingerprint density at radius 3 is 2.31 bits per heavy atom. The van der Waals surface area contributed by atoms with Crippen LogP contribution in [0.25, 0.3) is 0 Å². The summed E-state index contributed by atoms with van der Waals surface area (Å²) in [5.74, 6) is -0.326. The highest BCUT2D eigenvalue weighted by Crippen LogP contribution is 2.82. The van der Waals surface area contributed by atoms with Gasteiger partial charge in [0.2, 0.25) is 5.91 Å². The van der Waals surface area contributed by atoms with Crippen LogP contribution in [0, 0.1) is 16.2 Å². The van der Waals surface area contributed by atoms with E-state index in [1.165, 1.54) is 0 Å². The zero-order valence-corrected chi connectivity index (χ0v) is 19.7. The number of alkyl halides is 3. The Hall–Kier alpha value is -0.400. The van der Waals surface area contributed by atoms with Crippen molar-refractivity contribution in [3.63, 3.8) is 0 Å². The number of rotatable bonds is 5. The summed E-state index contributed by atoms with van der Waals surface area (Å²) in [4.78, 5) is 25.1. The van der Waals surface area contributed by atoms with Gasteiger partial charge in [-0.15, -0.1) is 0 Å². The van der Waals surface area contributed by atoms with Crippen LogP contribution in [0.2, 0.25) is 0 Å². The first kappa shape index (κ1) is 20.3. The highest BCUT2D eigenvalue weighted by molar-refractivity contribution is 9.24. The van der Waals surface area contributed by atoms with Crippen LogP contribution in [-0.4, -0.2) is 27.0 Å². The second kappa shape index (κ2) is 6.89. The molecule has 3 fully saturated rings. The van der Waals surface area contributed by atoms with E-state index in [-0.39, 0.29) is 31.3 Å². The molecular formula is C19H22Br3NO3. The van der Waals surface area contributed by atoms with Gasteiger partial charge < -0.3 is 10.1 Å². The van der Waals surface area contributed by atoms with Crippen LogP contribution in [0.1, 0.15) is 44.0 Å². The number of carbonyl (C=O) groups excluding carboxylic acids is 2. The number of hydrogen-bond donors (Lipinski definition) is 1. The number of nitrogens with one attached hydrogen (secondary N) is 1. The van der Waals surface area contributed by atoms with Crippen molar-refractivity contribution in [3.8, 4) is 0 Å². The lowest BCUT2D eigenvalue weighted by molar-refractivity contribution is -0.155. The molecule has 1 N–H and O–H groups in total. The van der Waals surface area contributed by atoms with Crippen LogP contribution in [-0.2, 0) is 9.53 Å². The molecule has 0 unspecified atom stereocenters. The molecule has 3 atom stereocenters. The van der Waals surface area contributed by atoms with Crippen molar-refractivity contribution in [1.82, 2.24) is 0 Å². The molecule has 0 aliphatic heterocycles. The molecule has 26 heavy (non-hydrogen) atoms. The summed E-state index contributed by atoms with van der Waals surface area (Å²) < 4.78 is 5.13. The average molecular weight is 552 g/mol. The van der Waals surface area contributed by atoms with Gasteiger partial charge in [0.15, 0.2) is 0 Å². The molecular weight excluding hydrogens is 530 g/mol. The van der Waals surface area contributed by atoms with E-state index in [4.69, 9.17) is 4.74 Å². The number of esters is 1. The minimum absolute atomic E-state index is 0.00188. The molecule has 4 rings (SSSR count). The molecule has 4 nitrogen and oxygen atoms in total. The largest absolute Gasteiger partial charge is 0.462 e. The molecule has 1 aromatic carbocycles. The zero-order chi connectivity index (χ0) is 19.3. The molecule has 2 bridgehead atoms. The van der Waals surface area contributed by atoms with Crippen molar-refractivity contribution in [1.29, 1.82) is 0 Å². The highest BCUT2D eigenvalue weighted by atomic mass is 79.9. The Bertz CT molecular complexity index is 734. The third kappa shape index (κ3) is 2.49. The van der Waals surface area contributed by atoms with E-state index in [0.717, 1.165) is 12.8 Å². The van der Waals surface area contributed by atoms with Crippen LogP contribution in [0.3, 0.4) is 0 Å². The lowest BCUT2D eigenvalue weighted by Crippen LogP contribution is -2.71. The molecule has 3 saturated carbocycles. The van der Waals surface area contributed by atoms with Gasteiger partial charge in [-0.3, -0.25) is 4.79 Å². The van der Waals surface area contributed by atoms with E-state index in [0.29, 0.717) is 17.9 Å². The number of fused-ring (bicyclic) bond motifs is 1. The van der Waals surface area contributed by atoms with Crippen molar-refractivity contribution in [2.45, 2.75) is 42.2 Å². The quantitative estimate of drug-likeness (QED) is 0.389. The maximum atomic E-state index is 13.2. The van der Waals surface area contributed by atoms with Gasteiger partial charge in [-0.05, 0) is 49.4 Å². The number of benzene rings is 1. The maximum absolute atomic E-state index is 13.2. The average Bonchev–Trinajstić information content (AvgIpc) is 3.05. The van der Waals surface area contributed by atoms with Gasteiger partial charge in [-0.2, -0.15) is 0 Å². The van der Waals surface area contributed by atoms with Crippen molar-refractivity contribution in [3.05, 3.63) is 29.8 Å². The minimum atomic E-state index is -0.452. The molecule has 142 valence electrons. The number of amides is 1. The number of ether oxygens (including phenoxy) is 1. The van der Waals surface area contributed by atoms with E-state index in [2.05, 4.69) is 67.0 Å². The van der Waals surface area contributed by atoms with Crippen molar-refractivity contribution >= 4 is 65.4 Å². The van der Waals surface area contributed by atoms with Gasteiger partial charge in [-0.1, -0.05) is 61.6 Å². The first-order valence-corrected chi connectivity index (χ1v) is 11.4. The predicted molar refractivity (Wildman–Crippen MR) is 113 cm³/mol. The van der Waals surface area contributed by atoms with Gasteiger partial charge in [0.25, 0.3) is 0 Å². The van der Waals surface area contributed by atoms with Crippen LogP contribution >= 0.6 is 47.8 Å². The molecule has 1 aromatic rings. The van der Waals surface area contributed by atoms with Crippen molar-refractivity contribution in [2.75, 3.05) is 11.9 Å². The fourth-order valence-electron chi connectivity index (χ4n) is 4.84. The Balaban J connectivity index is 1.78. The molecule has 0 heterocycles. The molecule has 0 aromatic heterocycles. The Kier molecular flexibility index (Phi) is 5.39. The molecule has 3 aliphatic carbocycles. The third-order valence-electron chi connectivity index (χ3n) is 6.55. The summed E-state index contributed by atoms with van der Waals surface area (Å²) >= 11 is 11.2. The lowest BCUT2D eigenvalue weighted by atomic mass is 9.43. The van der Waals surface area contributed by atoms with Crippen molar-refractivity contribution in [2.24, 2.45) is 16.2 Å². The van der Waals surface area contributed by atoms with Gasteiger partial charge in [-0.25, -0.2) is 4.79 Å². The summed E-state index contributed by atoms with van der Waals surface area (Å²) in [7, 11) is 0. The van der Waals surface area contributed by atoms with Crippen molar-refractivity contribution < 1.29 is 14.3 Å². The molecule has 0 spiro atoms. The standard InChI is InChI=1S/C19H22Br3NO3/c1-4-26-13(24)11-5-7-12(8-6-11)23-16(25)19-10-9-18(14(19)20,15(21)22)17(19,2)3/h5-8,14-15H,4,9-10H2,1-3H3,(H,23,25)/t14-,18+,19+/m0/s1. The Morgan fingerprint density at radius 1 is 1.23 bits per heavy atom. The van der Waals surface area contributed by atoms with E-state index in [9.17, 15) is 9.59 Å². The van der Waals surface area contributed by atoms with E-state index in [1.807, 2.05) is 0 Å². The first-order chi connectivity index (χ1) is 12.1. The summed E-state index contributed by atoms with van der Waals surface area (Å²) in [5, 5.41) is 3.05. The van der Waals surface area contributed by atoms with Crippen LogP contribution in [0.4, 0.5) is 5.69 Å². The van der Waals surface area contributed by atoms with Gasteiger partial charge in [0, 0.05) is 15.9 Å². The zero-order valence-electron chi connectivity index (χ0n) is 14.9. The number of hydrogen-bond acceptors (Lipinski definition) is 3. The van der Waals surface area contributed by atoms with Gasteiger partial charge in [0.1, 0.15) is 0 Å². The second-order valence-electron chi connectivity index (χ2n) is 7.55. The van der Waals surface area contributed by atoms with E-state index < -0.39 is 5.41 Å². The smallest absolute Gasteiger partial charge is 0.338 e. The first-order valence-electron chi connectivity index (χ1n) is 8.66. The molecule has 0 radical (unpaired) electrons. The molecule has 0 saturated heterocycles. The SMILES string of the molecule is CCOC(=O)c1ccc(NC(=O)[C@@]23CC[C@](C(Br)Br)([C@@H]2Br)C3(C)C)cc1. The predicted octanol–water partition coefficient (Wildman–Crippen LogP) is 5.49. The summed E-state index contributed by atoms with van der Waals surface area (Å²) in [6.07, 6.45) is 1.82. The minimum Gasteiger partial charge on any atom is -0.462 e. The summed E-state index contributed by atoms with van der Waals surface area (Å²) in [5.41, 5.74) is 0.559. The van der Waals surface area contributed by atoms with Crippen LogP contribution in [0.5, 0.6) is 0 Å². The Morgan fingerprint density at radius 2 is 1.85 bits per heavy atom. The number of anilines is 1. The van der Waals surface area contributed by atoms with Gasteiger partial charge in [0.05, 0.1) is 21.3 Å². The highest BCUT2D eigenvalue weighted by Gasteiger charge is 2.83. The second-order valence-corrected chi connectivity index (χ2v) is 11.5. The summed E-state index contributed by atoms with van der Waals surface area (Å²) in [6.45, 7) is 6.47. The normalized spacial score (nSPS) is 31.4. The van der Waals surface area contributed by atoms with Crippen LogP contribution in [0.15, 0.2) is 24.3 Å². The lowest BCUT2D eigenvalue weighted by Gasteiger charge is -2.66. The summed E-state index contributed by atoms with van der Waals surface area (Å²) in [6, 6.07) is 6.84. The van der Waals surface area contributed by atoms with E-state index in [1.54, 1.807) is 31.2 Å². The Labute approximate surface area is 179 Å². The van der Waals surface area contributed by atoms with Gasteiger partial charge >= 0.3 is 5.97 Å². The molecule has 1 amide bonds. The molecule has 3 aliphatic rings. The van der Waals surface area contributed by atoms with E-state index >= 15 is 0 Å². The monoisotopic (exact) mass is 549 g/mol. The fourth-order valence-corrected chi connectivity index (χ4v) is 9.76. The number of halogens is 3. The number of carbonyl (C=O) groups is 2. The molecule has 7 heteroatoms. The third-order valence-corrected chi connectivity index (χ3v) is 9.78. The topological polar surface area (TPSA) is 55.4 Å². The van der Waals surface area contributed by atoms with Crippen LogP contribution < -0.4 is 5.32 Å². The fraction of sp³-hybridized carbons (Fsp3) is 0.579. The maximum Gasteiger partial charge on any atom is 0.338 e.